The van der Waals surface area contributed by atoms with Crippen LogP contribution in [0.25, 0.3) is 11.3 Å². The van der Waals surface area contributed by atoms with Gasteiger partial charge in [0, 0.05) is 17.2 Å². The summed E-state index contributed by atoms with van der Waals surface area (Å²) in [5.41, 5.74) is 6.61. The molecule has 1 nitrogen and oxygen atoms in total. The lowest BCUT2D eigenvalue weighted by molar-refractivity contribution is 0.658. The Labute approximate surface area is 96.2 Å². The zero-order valence-corrected chi connectivity index (χ0v) is 9.91. The highest BCUT2D eigenvalue weighted by Crippen LogP contribution is 2.47. The summed E-state index contributed by atoms with van der Waals surface area (Å²) in [5, 5.41) is 0. The van der Waals surface area contributed by atoms with E-state index in [1.165, 1.54) is 22.3 Å². The van der Waals surface area contributed by atoms with Gasteiger partial charge in [0.1, 0.15) is 0 Å². The third-order valence-electron chi connectivity index (χ3n) is 3.58. The van der Waals surface area contributed by atoms with Gasteiger partial charge in [0.25, 0.3) is 0 Å². The van der Waals surface area contributed by atoms with E-state index in [1.807, 2.05) is 12.3 Å². The molecule has 0 fully saturated rings. The van der Waals surface area contributed by atoms with E-state index in [2.05, 4.69) is 50.0 Å². The molecule has 0 amide bonds. The summed E-state index contributed by atoms with van der Waals surface area (Å²) in [6.45, 7) is 6.70. The number of benzene rings is 1. The molecule has 3 rings (SSSR count). The second-order valence-corrected chi connectivity index (χ2v) is 5.07. The molecular formula is C15H15N. The predicted octanol–water partition coefficient (Wildman–Crippen LogP) is 3.70. The highest BCUT2D eigenvalue weighted by Gasteiger charge is 2.35. The van der Waals surface area contributed by atoms with Crippen LogP contribution in [0.4, 0.5) is 0 Å². The van der Waals surface area contributed by atoms with Crippen LogP contribution in [0.2, 0.25) is 0 Å². The van der Waals surface area contributed by atoms with Gasteiger partial charge in [-0.3, -0.25) is 4.98 Å². The molecular weight excluding hydrogens is 194 g/mol. The molecule has 0 saturated heterocycles. The Kier molecular flexibility index (Phi) is 1.76. The summed E-state index contributed by atoms with van der Waals surface area (Å²) >= 11 is 0. The minimum absolute atomic E-state index is 0.0882. The van der Waals surface area contributed by atoms with Crippen molar-refractivity contribution < 1.29 is 0 Å². The Morgan fingerprint density at radius 2 is 1.88 bits per heavy atom. The normalized spacial score (nSPS) is 15.7. The fourth-order valence-electron chi connectivity index (χ4n) is 2.65. The summed E-state index contributed by atoms with van der Waals surface area (Å²) in [6, 6.07) is 10.9. The van der Waals surface area contributed by atoms with E-state index in [0.717, 1.165) is 5.69 Å². The minimum atomic E-state index is 0.0882. The highest BCUT2D eigenvalue weighted by molar-refractivity contribution is 5.77. The molecule has 0 radical (unpaired) electrons. The fourth-order valence-corrected chi connectivity index (χ4v) is 2.65. The second-order valence-electron chi connectivity index (χ2n) is 5.07. The van der Waals surface area contributed by atoms with Crippen LogP contribution in [0.5, 0.6) is 0 Å². The van der Waals surface area contributed by atoms with Gasteiger partial charge in [-0.05, 0) is 24.1 Å². The van der Waals surface area contributed by atoms with Gasteiger partial charge in [0.05, 0.1) is 5.69 Å². The number of rotatable bonds is 0. The van der Waals surface area contributed by atoms with Crippen LogP contribution >= 0.6 is 0 Å². The third kappa shape index (κ3) is 1.09. The average Bonchev–Trinajstić information content (AvgIpc) is 2.49. The minimum Gasteiger partial charge on any atom is -0.256 e. The first kappa shape index (κ1) is 9.59. The number of hydrogen-bond donors (Lipinski definition) is 0. The summed E-state index contributed by atoms with van der Waals surface area (Å²) in [4.78, 5) is 4.53. The molecule has 1 aromatic heterocycles. The van der Waals surface area contributed by atoms with Gasteiger partial charge in [-0.1, -0.05) is 43.7 Å². The number of aromatic nitrogens is 1. The Balaban J connectivity index is 2.39. The van der Waals surface area contributed by atoms with Crippen LogP contribution in [-0.4, -0.2) is 4.98 Å². The lowest BCUT2D eigenvalue weighted by Crippen LogP contribution is -2.15. The molecule has 1 aliphatic carbocycles. The van der Waals surface area contributed by atoms with Crippen LogP contribution in [0.15, 0.2) is 36.5 Å². The first-order valence-electron chi connectivity index (χ1n) is 5.68. The molecule has 1 heterocycles. The summed E-state index contributed by atoms with van der Waals surface area (Å²) in [5.74, 6) is 0. The molecule has 2 aromatic rings. The Morgan fingerprint density at radius 1 is 1.06 bits per heavy atom. The average molecular weight is 209 g/mol. The van der Waals surface area contributed by atoms with Crippen molar-refractivity contribution in [2.24, 2.45) is 0 Å². The second kappa shape index (κ2) is 2.94. The molecule has 0 saturated carbocycles. The molecule has 16 heavy (non-hydrogen) atoms. The summed E-state index contributed by atoms with van der Waals surface area (Å²) in [6.07, 6.45) is 1.88. The van der Waals surface area contributed by atoms with Crippen molar-refractivity contribution in [2.75, 3.05) is 0 Å². The SMILES string of the molecule is Cc1ccc2c(c1)C(C)(C)c1cccnc1-2. The van der Waals surface area contributed by atoms with Gasteiger partial charge < -0.3 is 0 Å². The zero-order valence-electron chi connectivity index (χ0n) is 9.91. The maximum atomic E-state index is 4.53. The Morgan fingerprint density at radius 3 is 2.69 bits per heavy atom. The lowest BCUT2D eigenvalue weighted by atomic mass is 9.82. The largest absolute Gasteiger partial charge is 0.256 e. The standard InChI is InChI=1S/C15H15N/c1-10-6-7-11-13(9-10)15(2,3)12-5-4-8-16-14(11)12/h4-9H,1-3H3. The van der Waals surface area contributed by atoms with Crippen molar-refractivity contribution in [3.8, 4) is 11.3 Å². The van der Waals surface area contributed by atoms with E-state index >= 15 is 0 Å². The van der Waals surface area contributed by atoms with Gasteiger partial charge in [-0.2, -0.15) is 0 Å². The fraction of sp³-hybridized carbons (Fsp3) is 0.267. The maximum absolute atomic E-state index is 4.53. The van der Waals surface area contributed by atoms with Gasteiger partial charge in [-0.15, -0.1) is 0 Å². The molecule has 80 valence electrons. The van der Waals surface area contributed by atoms with Crippen LogP contribution in [0, 0.1) is 6.92 Å². The van der Waals surface area contributed by atoms with E-state index < -0.39 is 0 Å². The van der Waals surface area contributed by atoms with E-state index in [1.54, 1.807) is 0 Å². The number of aryl methyl sites for hydroxylation is 1. The molecule has 0 N–H and O–H groups in total. The monoisotopic (exact) mass is 209 g/mol. The number of pyridine rings is 1. The maximum Gasteiger partial charge on any atom is 0.0745 e. The van der Waals surface area contributed by atoms with E-state index in [4.69, 9.17) is 0 Å². The van der Waals surface area contributed by atoms with E-state index in [-0.39, 0.29) is 5.41 Å². The van der Waals surface area contributed by atoms with Gasteiger partial charge in [0.2, 0.25) is 0 Å². The number of fused-ring (bicyclic) bond motifs is 3. The van der Waals surface area contributed by atoms with Crippen LogP contribution in [-0.2, 0) is 5.41 Å². The quantitative estimate of drug-likeness (QED) is 0.644. The van der Waals surface area contributed by atoms with Crippen molar-refractivity contribution in [3.05, 3.63) is 53.2 Å². The zero-order chi connectivity index (χ0) is 11.3. The van der Waals surface area contributed by atoms with Crippen molar-refractivity contribution in [3.63, 3.8) is 0 Å². The van der Waals surface area contributed by atoms with Crippen molar-refractivity contribution >= 4 is 0 Å². The van der Waals surface area contributed by atoms with E-state index in [9.17, 15) is 0 Å². The molecule has 0 spiro atoms. The van der Waals surface area contributed by atoms with Gasteiger partial charge in [0.15, 0.2) is 0 Å². The Bertz CT molecular complexity index is 567. The van der Waals surface area contributed by atoms with Crippen LogP contribution in [0.1, 0.15) is 30.5 Å². The predicted molar refractivity (Wildman–Crippen MR) is 66.5 cm³/mol. The van der Waals surface area contributed by atoms with Crippen molar-refractivity contribution in [2.45, 2.75) is 26.2 Å². The molecule has 1 heteroatoms. The number of nitrogens with zero attached hydrogens (tertiary/aromatic N) is 1. The van der Waals surface area contributed by atoms with Crippen molar-refractivity contribution in [1.82, 2.24) is 4.98 Å². The molecule has 1 aliphatic rings. The van der Waals surface area contributed by atoms with Gasteiger partial charge >= 0.3 is 0 Å². The van der Waals surface area contributed by atoms with E-state index in [0.29, 0.717) is 0 Å². The summed E-state index contributed by atoms with van der Waals surface area (Å²) < 4.78 is 0. The first-order valence-corrected chi connectivity index (χ1v) is 5.68. The molecule has 0 bridgehead atoms. The smallest absolute Gasteiger partial charge is 0.0745 e. The molecule has 1 aromatic carbocycles. The highest BCUT2D eigenvalue weighted by atomic mass is 14.7. The number of hydrogen-bond acceptors (Lipinski definition) is 1. The van der Waals surface area contributed by atoms with Crippen molar-refractivity contribution in [1.29, 1.82) is 0 Å². The molecule has 0 atom stereocenters. The lowest BCUT2D eigenvalue weighted by Gasteiger charge is -2.21. The van der Waals surface area contributed by atoms with Crippen LogP contribution < -0.4 is 0 Å². The summed E-state index contributed by atoms with van der Waals surface area (Å²) in [7, 11) is 0. The molecule has 0 unspecified atom stereocenters. The Hall–Kier alpha value is -1.63. The third-order valence-corrected chi connectivity index (χ3v) is 3.58. The topological polar surface area (TPSA) is 12.9 Å². The van der Waals surface area contributed by atoms with Gasteiger partial charge in [-0.25, -0.2) is 0 Å². The van der Waals surface area contributed by atoms with Crippen LogP contribution in [0.3, 0.4) is 0 Å². The molecule has 0 aliphatic heterocycles. The first-order chi connectivity index (χ1) is 7.60.